The molecule has 1 aromatic heterocycles. The summed E-state index contributed by atoms with van der Waals surface area (Å²) in [6.45, 7) is 2.02. The van der Waals surface area contributed by atoms with E-state index in [1.165, 1.54) is 24.1 Å². The van der Waals surface area contributed by atoms with E-state index in [0.717, 1.165) is 17.7 Å². The number of hydrogen-bond acceptors (Lipinski definition) is 3. The fourth-order valence-corrected chi connectivity index (χ4v) is 3.42. The van der Waals surface area contributed by atoms with Gasteiger partial charge < -0.3 is 10.2 Å². The molecule has 16 heavy (non-hydrogen) atoms. The highest BCUT2D eigenvalue weighted by Crippen LogP contribution is 2.34. The first-order valence-corrected chi connectivity index (χ1v) is 6.92. The van der Waals surface area contributed by atoms with Crippen molar-refractivity contribution in [3.05, 3.63) is 21.9 Å². The van der Waals surface area contributed by atoms with Crippen LogP contribution in [0.15, 0.2) is 12.1 Å². The zero-order valence-electron chi connectivity index (χ0n) is 9.72. The van der Waals surface area contributed by atoms with Gasteiger partial charge in [-0.25, -0.2) is 0 Å². The first-order chi connectivity index (χ1) is 7.68. The summed E-state index contributed by atoms with van der Waals surface area (Å²) < 4.78 is 0. The Kier molecular flexibility index (Phi) is 4.00. The summed E-state index contributed by atoms with van der Waals surface area (Å²) in [7, 11) is 0. The van der Waals surface area contributed by atoms with Crippen LogP contribution in [-0.2, 0) is 0 Å². The molecule has 1 aliphatic carbocycles. The van der Waals surface area contributed by atoms with Crippen molar-refractivity contribution in [3.63, 3.8) is 0 Å². The molecular weight excluding hydrogens is 220 g/mol. The maximum absolute atomic E-state index is 10.2. The summed E-state index contributed by atoms with van der Waals surface area (Å²) in [5.74, 6) is 0.283. The third-order valence-corrected chi connectivity index (χ3v) is 4.58. The first-order valence-electron chi connectivity index (χ1n) is 6.11. The lowest BCUT2D eigenvalue weighted by Crippen LogP contribution is -2.28. The fourth-order valence-electron chi connectivity index (χ4n) is 2.51. The first kappa shape index (κ1) is 12.1. The largest absolute Gasteiger partial charge is 0.390 e. The van der Waals surface area contributed by atoms with Gasteiger partial charge in [0.15, 0.2) is 0 Å². The molecule has 0 aromatic carbocycles. The minimum atomic E-state index is -0.693. The smallest absolute Gasteiger partial charge is 0.114 e. The second-order valence-corrected chi connectivity index (χ2v) is 6.10. The Hall–Kier alpha value is -0.380. The molecule has 0 radical (unpaired) electrons. The van der Waals surface area contributed by atoms with E-state index in [4.69, 9.17) is 0 Å². The quantitative estimate of drug-likeness (QED) is 0.852. The van der Waals surface area contributed by atoms with Crippen molar-refractivity contribution in [3.8, 4) is 0 Å². The molecule has 2 unspecified atom stereocenters. The normalized spacial score (nSPS) is 21.9. The average Bonchev–Trinajstić information content (AvgIpc) is 2.75. The number of aryl methyl sites for hydroxylation is 1. The van der Waals surface area contributed by atoms with Gasteiger partial charge >= 0.3 is 0 Å². The van der Waals surface area contributed by atoms with Crippen LogP contribution in [0, 0.1) is 12.8 Å². The third kappa shape index (κ3) is 2.65. The molecule has 2 N–H and O–H groups in total. The van der Waals surface area contributed by atoms with Crippen LogP contribution in [0.2, 0.25) is 0 Å². The van der Waals surface area contributed by atoms with Gasteiger partial charge in [0.2, 0.25) is 0 Å². The SMILES string of the molecule is Cc1ccc(C(O)C(O)C2CCCCC2)s1. The van der Waals surface area contributed by atoms with Crippen LogP contribution in [0.5, 0.6) is 0 Å². The summed E-state index contributed by atoms with van der Waals surface area (Å²) >= 11 is 1.58. The zero-order chi connectivity index (χ0) is 11.5. The molecule has 0 amide bonds. The summed E-state index contributed by atoms with van der Waals surface area (Å²) in [6.07, 6.45) is 4.50. The highest BCUT2D eigenvalue weighted by atomic mass is 32.1. The van der Waals surface area contributed by atoms with Gasteiger partial charge in [-0.05, 0) is 37.8 Å². The van der Waals surface area contributed by atoms with Crippen molar-refractivity contribution >= 4 is 11.3 Å². The lowest BCUT2D eigenvalue weighted by molar-refractivity contribution is -0.0268. The number of hydrogen-bond donors (Lipinski definition) is 2. The van der Waals surface area contributed by atoms with Gasteiger partial charge in [0, 0.05) is 9.75 Å². The van der Waals surface area contributed by atoms with Crippen LogP contribution in [0.4, 0.5) is 0 Å². The Labute approximate surface area is 101 Å². The molecule has 0 saturated heterocycles. The van der Waals surface area contributed by atoms with Crippen LogP contribution in [-0.4, -0.2) is 16.3 Å². The Morgan fingerprint density at radius 1 is 1.19 bits per heavy atom. The molecule has 1 fully saturated rings. The van der Waals surface area contributed by atoms with E-state index in [0.29, 0.717) is 0 Å². The van der Waals surface area contributed by atoms with Gasteiger partial charge in [-0.1, -0.05) is 19.3 Å². The maximum Gasteiger partial charge on any atom is 0.114 e. The van der Waals surface area contributed by atoms with E-state index in [9.17, 15) is 10.2 Å². The van der Waals surface area contributed by atoms with Crippen LogP contribution in [0.1, 0.15) is 48.0 Å². The van der Waals surface area contributed by atoms with Crippen LogP contribution >= 0.6 is 11.3 Å². The van der Waals surface area contributed by atoms with Crippen molar-refractivity contribution in [2.75, 3.05) is 0 Å². The van der Waals surface area contributed by atoms with Crippen molar-refractivity contribution in [2.45, 2.75) is 51.2 Å². The number of aliphatic hydroxyl groups excluding tert-OH is 2. The van der Waals surface area contributed by atoms with Crippen molar-refractivity contribution < 1.29 is 10.2 Å². The van der Waals surface area contributed by atoms with Gasteiger partial charge in [0.1, 0.15) is 6.10 Å². The van der Waals surface area contributed by atoms with Gasteiger partial charge in [-0.2, -0.15) is 0 Å². The Balaban J connectivity index is 2.00. The van der Waals surface area contributed by atoms with Crippen molar-refractivity contribution in [1.29, 1.82) is 0 Å². The standard InChI is InChI=1S/C13H20O2S/c1-9-7-8-11(16-9)13(15)12(14)10-5-3-2-4-6-10/h7-8,10,12-15H,2-6H2,1H3. The molecule has 1 aromatic rings. The molecule has 2 atom stereocenters. The summed E-state index contributed by atoms with van der Waals surface area (Å²) in [6, 6.07) is 3.92. The van der Waals surface area contributed by atoms with E-state index in [1.807, 2.05) is 19.1 Å². The van der Waals surface area contributed by atoms with E-state index in [2.05, 4.69) is 0 Å². The molecule has 2 rings (SSSR count). The van der Waals surface area contributed by atoms with Crippen LogP contribution < -0.4 is 0 Å². The summed E-state index contributed by atoms with van der Waals surface area (Å²) in [5.41, 5.74) is 0. The molecule has 1 heterocycles. The highest BCUT2D eigenvalue weighted by molar-refractivity contribution is 7.12. The van der Waals surface area contributed by atoms with Crippen molar-refractivity contribution in [1.82, 2.24) is 0 Å². The predicted octanol–water partition coefficient (Wildman–Crippen LogP) is 3.03. The predicted molar refractivity (Wildman–Crippen MR) is 66.6 cm³/mol. The molecule has 0 spiro atoms. The third-order valence-electron chi connectivity index (χ3n) is 3.51. The van der Waals surface area contributed by atoms with E-state index < -0.39 is 12.2 Å². The van der Waals surface area contributed by atoms with Crippen LogP contribution in [0.25, 0.3) is 0 Å². The average molecular weight is 240 g/mol. The molecule has 0 bridgehead atoms. The zero-order valence-corrected chi connectivity index (χ0v) is 10.5. The molecular formula is C13H20O2S. The second kappa shape index (κ2) is 5.30. The van der Waals surface area contributed by atoms with Gasteiger partial charge in [-0.3, -0.25) is 0 Å². The van der Waals surface area contributed by atoms with Crippen LogP contribution in [0.3, 0.4) is 0 Å². The lowest BCUT2D eigenvalue weighted by Gasteiger charge is -2.29. The van der Waals surface area contributed by atoms with Crippen molar-refractivity contribution in [2.24, 2.45) is 5.92 Å². The number of rotatable bonds is 3. The van der Waals surface area contributed by atoms with Gasteiger partial charge in [-0.15, -0.1) is 11.3 Å². The number of thiophene rings is 1. The Morgan fingerprint density at radius 2 is 1.88 bits per heavy atom. The second-order valence-electron chi connectivity index (χ2n) is 4.78. The molecule has 3 heteroatoms. The van der Waals surface area contributed by atoms with Gasteiger partial charge in [0.25, 0.3) is 0 Å². The molecule has 1 saturated carbocycles. The molecule has 90 valence electrons. The molecule has 2 nitrogen and oxygen atoms in total. The summed E-state index contributed by atoms with van der Waals surface area (Å²) in [4.78, 5) is 2.08. The molecule has 0 aliphatic heterocycles. The van der Waals surface area contributed by atoms with Gasteiger partial charge in [0.05, 0.1) is 6.10 Å². The highest BCUT2D eigenvalue weighted by Gasteiger charge is 2.29. The molecule has 1 aliphatic rings. The van der Waals surface area contributed by atoms with E-state index in [-0.39, 0.29) is 5.92 Å². The lowest BCUT2D eigenvalue weighted by atomic mass is 9.83. The Bertz CT molecular complexity index is 328. The number of aliphatic hydroxyl groups is 2. The maximum atomic E-state index is 10.2. The van der Waals surface area contributed by atoms with E-state index >= 15 is 0 Å². The fraction of sp³-hybridized carbons (Fsp3) is 0.692. The monoisotopic (exact) mass is 240 g/mol. The minimum Gasteiger partial charge on any atom is -0.390 e. The minimum absolute atomic E-state index is 0.283. The Morgan fingerprint density at radius 3 is 2.44 bits per heavy atom. The van der Waals surface area contributed by atoms with E-state index in [1.54, 1.807) is 11.3 Å². The topological polar surface area (TPSA) is 40.5 Å². The summed E-state index contributed by atoms with van der Waals surface area (Å²) in [5, 5.41) is 20.3.